The van der Waals surface area contributed by atoms with Crippen LogP contribution in [0.4, 0.5) is 0 Å². The number of aliphatic hydroxyl groups excluding tert-OH is 1. The standard InChI is InChI=1S/C33H42N2O5/c1-3-13-27(22-30(37)35-33(24-36)19-11-12-20-33)31(38)34-29(26-17-9-6-10-18-26)23-40-32(39)28(14-4-2)21-25-15-7-5-8-16-25/h3-10,15-18,27-29,36H,1-2,11-14,19-24H2,(H,34,38)(H,35,37)/t27-,28-,29+/m1/s1. The third-order valence-electron chi connectivity index (χ3n) is 7.54. The van der Waals surface area contributed by atoms with E-state index in [2.05, 4.69) is 23.8 Å². The zero-order valence-electron chi connectivity index (χ0n) is 23.2. The van der Waals surface area contributed by atoms with E-state index in [-0.39, 0.29) is 37.4 Å². The number of allylic oxidation sites excluding steroid dienone is 2. The summed E-state index contributed by atoms with van der Waals surface area (Å²) in [6.07, 6.45) is 7.98. The zero-order chi connectivity index (χ0) is 28.8. The third-order valence-corrected chi connectivity index (χ3v) is 7.54. The molecule has 2 amide bonds. The number of amides is 2. The molecule has 0 saturated heterocycles. The molecule has 2 aromatic carbocycles. The average molecular weight is 547 g/mol. The van der Waals surface area contributed by atoms with E-state index in [0.29, 0.717) is 19.3 Å². The first kappa shape index (κ1) is 30.8. The fourth-order valence-electron chi connectivity index (χ4n) is 5.27. The van der Waals surface area contributed by atoms with E-state index >= 15 is 0 Å². The second-order valence-corrected chi connectivity index (χ2v) is 10.6. The van der Waals surface area contributed by atoms with Gasteiger partial charge < -0.3 is 20.5 Å². The van der Waals surface area contributed by atoms with Crippen LogP contribution in [0.2, 0.25) is 0 Å². The molecule has 2 aromatic rings. The molecule has 0 heterocycles. The Hall–Kier alpha value is -3.71. The van der Waals surface area contributed by atoms with Gasteiger partial charge in [0.1, 0.15) is 6.61 Å². The van der Waals surface area contributed by atoms with Gasteiger partial charge in [0.2, 0.25) is 11.8 Å². The number of esters is 1. The van der Waals surface area contributed by atoms with Crippen LogP contribution in [0.15, 0.2) is 86.0 Å². The summed E-state index contributed by atoms with van der Waals surface area (Å²) in [5.41, 5.74) is 1.22. The lowest BCUT2D eigenvalue weighted by molar-refractivity contribution is -0.150. The summed E-state index contributed by atoms with van der Waals surface area (Å²) in [5, 5.41) is 15.8. The molecule has 0 bridgehead atoms. The molecule has 0 unspecified atom stereocenters. The number of hydrogen-bond donors (Lipinski definition) is 3. The largest absolute Gasteiger partial charge is 0.463 e. The van der Waals surface area contributed by atoms with E-state index in [0.717, 1.165) is 36.8 Å². The number of aliphatic hydroxyl groups is 1. The first-order valence-electron chi connectivity index (χ1n) is 14.1. The molecule has 1 aliphatic rings. The van der Waals surface area contributed by atoms with Crippen LogP contribution in [-0.4, -0.2) is 41.6 Å². The SMILES string of the molecule is C=CC[C@H](CC(=O)NC1(CO)CCCC1)C(=O)N[C@@H](COC(=O)[C@H](CC=C)Cc1ccccc1)c1ccccc1. The molecule has 3 N–H and O–H groups in total. The van der Waals surface area contributed by atoms with E-state index in [4.69, 9.17) is 4.74 Å². The van der Waals surface area contributed by atoms with Crippen molar-refractivity contribution in [2.24, 2.45) is 11.8 Å². The van der Waals surface area contributed by atoms with Crippen molar-refractivity contribution in [1.29, 1.82) is 0 Å². The smallest absolute Gasteiger partial charge is 0.309 e. The van der Waals surface area contributed by atoms with Crippen LogP contribution >= 0.6 is 0 Å². The molecule has 1 saturated carbocycles. The molecule has 40 heavy (non-hydrogen) atoms. The van der Waals surface area contributed by atoms with Crippen molar-refractivity contribution in [3.05, 3.63) is 97.1 Å². The molecule has 0 radical (unpaired) electrons. The van der Waals surface area contributed by atoms with Gasteiger partial charge in [-0.2, -0.15) is 0 Å². The summed E-state index contributed by atoms with van der Waals surface area (Å²) in [6.45, 7) is 7.39. The van der Waals surface area contributed by atoms with Crippen molar-refractivity contribution >= 4 is 17.8 Å². The first-order chi connectivity index (χ1) is 19.4. The molecular weight excluding hydrogens is 504 g/mol. The number of carbonyl (C=O) groups is 3. The van der Waals surface area contributed by atoms with Crippen LogP contribution in [0.5, 0.6) is 0 Å². The second kappa shape index (κ2) is 15.8. The Labute approximate surface area is 237 Å². The van der Waals surface area contributed by atoms with Crippen molar-refractivity contribution in [2.45, 2.75) is 62.9 Å². The number of nitrogens with one attached hydrogen (secondary N) is 2. The molecule has 0 aliphatic heterocycles. The van der Waals surface area contributed by atoms with Crippen LogP contribution in [0.3, 0.4) is 0 Å². The lowest BCUT2D eigenvalue weighted by Crippen LogP contribution is -2.50. The molecule has 7 heteroatoms. The van der Waals surface area contributed by atoms with E-state index < -0.39 is 23.4 Å². The van der Waals surface area contributed by atoms with Gasteiger partial charge in [0, 0.05) is 6.42 Å². The minimum atomic E-state index is -0.650. The van der Waals surface area contributed by atoms with Gasteiger partial charge in [-0.1, -0.05) is 85.7 Å². The Kier molecular flexibility index (Phi) is 12.2. The zero-order valence-corrected chi connectivity index (χ0v) is 23.2. The molecule has 1 aliphatic carbocycles. The van der Waals surface area contributed by atoms with Crippen LogP contribution in [0.1, 0.15) is 62.1 Å². The van der Waals surface area contributed by atoms with Crippen LogP contribution < -0.4 is 10.6 Å². The Balaban J connectivity index is 1.67. The maximum absolute atomic E-state index is 13.4. The lowest BCUT2D eigenvalue weighted by atomic mass is 9.95. The number of carbonyl (C=O) groups excluding carboxylic acids is 3. The molecule has 1 fully saturated rings. The van der Waals surface area contributed by atoms with Crippen molar-refractivity contribution in [1.82, 2.24) is 10.6 Å². The Morgan fingerprint density at radius 2 is 1.52 bits per heavy atom. The van der Waals surface area contributed by atoms with Crippen molar-refractivity contribution < 1.29 is 24.2 Å². The highest BCUT2D eigenvalue weighted by Crippen LogP contribution is 2.29. The van der Waals surface area contributed by atoms with Crippen molar-refractivity contribution in [3.63, 3.8) is 0 Å². The average Bonchev–Trinajstić information content (AvgIpc) is 3.44. The van der Waals surface area contributed by atoms with Gasteiger partial charge in [0.15, 0.2) is 0 Å². The van der Waals surface area contributed by atoms with Crippen molar-refractivity contribution in [3.8, 4) is 0 Å². The summed E-state index contributed by atoms with van der Waals surface area (Å²) >= 11 is 0. The van der Waals surface area contributed by atoms with Crippen LogP contribution in [-0.2, 0) is 25.5 Å². The third kappa shape index (κ3) is 9.19. The topological polar surface area (TPSA) is 105 Å². The molecular formula is C33H42N2O5. The van der Waals surface area contributed by atoms with E-state index in [1.165, 1.54) is 0 Å². The lowest BCUT2D eigenvalue weighted by Gasteiger charge is -2.29. The number of benzene rings is 2. The second-order valence-electron chi connectivity index (χ2n) is 10.6. The molecule has 0 aromatic heterocycles. The molecule has 3 rings (SSSR count). The fraction of sp³-hybridized carbons (Fsp3) is 0.424. The summed E-state index contributed by atoms with van der Waals surface area (Å²) < 4.78 is 5.75. The summed E-state index contributed by atoms with van der Waals surface area (Å²) in [6, 6.07) is 18.5. The van der Waals surface area contributed by atoms with E-state index in [9.17, 15) is 19.5 Å². The fourth-order valence-corrected chi connectivity index (χ4v) is 5.27. The minimum Gasteiger partial charge on any atom is -0.463 e. The molecule has 214 valence electrons. The molecule has 0 spiro atoms. The first-order valence-corrected chi connectivity index (χ1v) is 14.1. The van der Waals surface area contributed by atoms with Gasteiger partial charge in [-0.25, -0.2) is 0 Å². The normalized spacial score (nSPS) is 16.2. The van der Waals surface area contributed by atoms with Crippen LogP contribution in [0.25, 0.3) is 0 Å². The van der Waals surface area contributed by atoms with Gasteiger partial charge in [-0.3, -0.25) is 14.4 Å². The Bertz CT molecular complexity index is 1110. The highest BCUT2D eigenvalue weighted by molar-refractivity contribution is 5.86. The van der Waals surface area contributed by atoms with Crippen LogP contribution in [0, 0.1) is 11.8 Å². The monoisotopic (exact) mass is 546 g/mol. The summed E-state index contributed by atoms with van der Waals surface area (Å²) in [4.78, 5) is 39.4. The molecule has 3 atom stereocenters. The van der Waals surface area contributed by atoms with Crippen molar-refractivity contribution in [2.75, 3.05) is 13.2 Å². The van der Waals surface area contributed by atoms with E-state index in [1.807, 2.05) is 60.7 Å². The number of rotatable bonds is 16. The predicted molar refractivity (Wildman–Crippen MR) is 156 cm³/mol. The maximum Gasteiger partial charge on any atom is 0.309 e. The maximum atomic E-state index is 13.4. The Morgan fingerprint density at radius 1 is 0.925 bits per heavy atom. The number of ether oxygens (including phenoxy) is 1. The summed E-state index contributed by atoms with van der Waals surface area (Å²) in [5.74, 6) is -1.99. The van der Waals surface area contributed by atoms with Gasteiger partial charge >= 0.3 is 5.97 Å². The molecule has 7 nitrogen and oxygen atoms in total. The minimum absolute atomic E-state index is 0.0284. The predicted octanol–water partition coefficient (Wildman–Crippen LogP) is 4.83. The highest BCUT2D eigenvalue weighted by Gasteiger charge is 2.35. The van der Waals surface area contributed by atoms with Gasteiger partial charge in [-0.05, 0) is 43.2 Å². The highest BCUT2D eigenvalue weighted by atomic mass is 16.5. The quantitative estimate of drug-likeness (QED) is 0.207. The Morgan fingerprint density at radius 3 is 2.12 bits per heavy atom. The summed E-state index contributed by atoms with van der Waals surface area (Å²) in [7, 11) is 0. The van der Waals surface area contributed by atoms with Gasteiger partial charge in [-0.15, -0.1) is 13.2 Å². The van der Waals surface area contributed by atoms with Gasteiger partial charge in [0.05, 0.1) is 30.0 Å². The number of hydrogen-bond acceptors (Lipinski definition) is 5. The van der Waals surface area contributed by atoms with Gasteiger partial charge in [0.25, 0.3) is 0 Å². The van der Waals surface area contributed by atoms with E-state index in [1.54, 1.807) is 12.2 Å².